The maximum absolute atomic E-state index is 11.0. The summed E-state index contributed by atoms with van der Waals surface area (Å²) in [6.07, 6.45) is 13.5. The predicted octanol–water partition coefficient (Wildman–Crippen LogP) is 5.63. The Kier molecular flexibility index (Phi) is 9.56. The van der Waals surface area contributed by atoms with Gasteiger partial charge in [0.1, 0.15) is 5.76 Å². The highest BCUT2D eigenvalue weighted by molar-refractivity contribution is 7.85. The highest BCUT2D eigenvalue weighted by atomic mass is 32.2. The second-order valence-electron chi connectivity index (χ2n) is 6.44. The van der Waals surface area contributed by atoms with Gasteiger partial charge in [-0.05, 0) is 18.1 Å². The molecule has 5 heteroatoms. The van der Waals surface area contributed by atoms with Gasteiger partial charge in [0.05, 0.1) is 0 Å². The van der Waals surface area contributed by atoms with Gasteiger partial charge in [0.15, 0.2) is 0 Å². The summed E-state index contributed by atoms with van der Waals surface area (Å²) in [5.41, 5.74) is 0. The van der Waals surface area contributed by atoms with Gasteiger partial charge < -0.3 is 4.42 Å². The molecule has 0 saturated carbocycles. The summed E-state index contributed by atoms with van der Waals surface area (Å²) in [6, 6.07) is 2.98. The van der Waals surface area contributed by atoms with E-state index in [9.17, 15) is 8.42 Å². The van der Waals surface area contributed by atoms with Gasteiger partial charge in [-0.2, -0.15) is 8.42 Å². The molecule has 23 heavy (non-hydrogen) atoms. The van der Waals surface area contributed by atoms with Crippen molar-refractivity contribution in [2.24, 2.45) is 5.92 Å². The lowest BCUT2D eigenvalue weighted by Gasteiger charge is -2.13. The lowest BCUT2D eigenvalue weighted by molar-refractivity contribution is 0.350. The van der Waals surface area contributed by atoms with Crippen LogP contribution in [0.4, 0.5) is 0 Å². The van der Waals surface area contributed by atoms with Crippen LogP contribution in [0.3, 0.4) is 0 Å². The van der Waals surface area contributed by atoms with Crippen LogP contribution in [0.25, 0.3) is 0 Å². The largest absolute Gasteiger partial charge is 0.447 e. The Morgan fingerprint density at radius 3 is 2.13 bits per heavy atom. The molecule has 0 aromatic carbocycles. The molecule has 1 rings (SSSR count). The van der Waals surface area contributed by atoms with Crippen LogP contribution in [0, 0.1) is 5.92 Å². The standard InChI is InChI=1S/C18H32O4S/c1-3-5-6-7-8-9-10-11-12-16(4-2)15-17-13-14-18(22-17)23(19,20)21/h13-14,16H,3-12,15H2,1-2H3,(H,19,20,21). The molecule has 4 nitrogen and oxygen atoms in total. The second kappa shape index (κ2) is 10.9. The van der Waals surface area contributed by atoms with E-state index < -0.39 is 10.1 Å². The molecule has 1 aromatic rings. The molecule has 1 N–H and O–H groups in total. The summed E-state index contributed by atoms with van der Waals surface area (Å²) in [4.78, 5) is 0. The smallest absolute Gasteiger partial charge is 0.328 e. The van der Waals surface area contributed by atoms with Crippen LogP contribution in [-0.4, -0.2) is 13.0 Å². The van der Waals surface area contributed by atoms with Crippen molar-refractivity contribution in [2.45, 2.75) is 89.6 Å². The van der Waals surface area contributed by atoms with Crippen molar-refractivity contribution in [2.75, 3.05) is 0 Å². The predicted molar refractivity (Wildman–Crippen MR) is 93.2 cm³/mol. The summed E-state index contributed by atoms with van der Waals surface area (Å²) < 4.78 is 36.2. The zero-order valence-electron chi connectivity index (χ0n) is 14.6. The molecule has 0 fully saturated rings. The minimum absolute atomic E-state index is 0.352. The molecule has 1 atom stereocenters. The van der Waals surface area contributed by atoms with Crippen LogP contribution >= 0.6 is 0 Å². The minimum Gasteiger partial charge on any atom is -0.447 e. The lowest BCUT2D eigenvalue weighted by Crippen LogP contribution is -2.03. The van der Waals surface area contributed by atoms with Gasteiger partial charge in [-0.25, -0.2) is 0 Å². The van der Waals surface area contributed by atoms with E-state index in [1.165, 1.54) is 57.4 Å². The SMILES string of the molecule is CCCCCCCCCCC(CC)Cc1ccc(S(=O)(=O)O)o1. The zero-order chi connectivity index (χ0) is 17.1. The normalized spacial score (nSPS) is 13.3. The number of furan rings is 1. The number of unbranched alkanes of at least 4 members (excludes halogenated alkanes) is 7. The Hall–Kier alpha value is -0.810. The Balaban J connectivity index is 2.23. The molecule has 0 bridgehead atoms. The van der Waals surface area contributed by atoms with E-state index in [0.29, 0.717) is 11.7 Å². The molecule has 0 saturated heterocycles. The van der Waals surface area contributed by atoms with Crippen LogP contribution in [0.1, 0.15) is 83.8 Å². The molecular weight excluding hydrogens is 312 g/mol. The van der Waals surface area contributed by atoms with Gasteiger partial charge in [0, 0.05) is 6.42 Å². The molecule has 0 radical (unpaired) electrons. The highest BCUT2D eigenvalue weighted by Crippen LogP contribution is 2.22. The van der Waals surface area contributed by atoms with E-state index in [-0.39, 0.29) is 5.09 Å². The van der Waals surface area contributed by atoms with Gasteiger partial charge in [0.25, 0.3) is 0 Å². The maximum atomic E-state index is 11.0. The molecule has 1 unspecified atom stereocenters. The molecule has 0 spiro atoms. The van der Waals surface area contributed by atoms with Crippen molar-refractivity contribution >= 4 is 10.1 Å². The quantitative estimate of drug-likeness (QED) is 0.372. The molecule has 134 valence electrons. The third-order valence-electron chi connectivity index (χ3n) is 4.42. The lowest BCUT2D eigenvalue weighted by atomic mass is 9.94. The summed E-state index contributed by atoms with van der Waals surface area (Å²) in [6.45, 7) is 4.39. The first-order chi connectivity index (χ1) is 11.0. The van der Waals surface area contributed by atoms with Crippen LogP contribution in [0.2, 0.25) is 0 Å². The molecule has 0 aliphatic rings. The van der Waals surface area contributed by atoms with E-state index in [1.54, 1.807) is 6.07 Å². The van der Waals surface area contributed by atoms with Crippen molar-refractivity contribution in [1.82, 2.24) is 0 Å². The molecular formula is C18H32O4S. The third-order valence-corrected chi connectivity index (χ3v) is 5.15. The molecule has 0 amide bonds. The molecule has 1 aromatic heterocycles. The number of hydrogen-bond donors (Lipinski definition) is 1. The van der Waals surface area contributed by atoms with E-state index >= 15 is 0 Å². The Labute approximate surface area is 141 Å². The van der Waals surface area contributed by atoms with Gasteiger partial charge in [0.2, 0.25) is 5.09 Å². The van der Waals surface area contributed by atoms with E-state index in [0.717, 1.165) is 19.3 Å². The average Bonchev–Trinajstić information content (AvgIpc) is 2.97. The number of hydrogen-bond acceptors (Lipinski definition) is 3. The Morgan fingerprint density at radius 2 is 1.61 bits per heavy atom. The summed E-state index contributed by atoms with van der Waals surface area (Å²) in [5.74, 6) is 1.15. The van der Waals surface area contributed by atoms with E-state index in [4.69, 9.17) is 8.97 Å². The third kappa shape index (κ3) is 8.56. The topological polar surface area (TPSA) is 67.5 Å². The van der Waals surface area contributed by atoms with Crippen LogP contribution in [0.15, 0.2) is 21.6 Å². The Bertz CT molecular complexity index is 519. The minimum atomic E-state index is -4.23. The van der Waals surface area contributed by atoms with E-state index in [1.807, 2.05) is 0 Å². The summed E-state index contributed by atoms with van der Waals surface area (Å²) in [5, 5.41) is -0.352. The van der Waals surface area contributed by atoms with Crippen molar-refractivity contribution in [1.29, 1.82) is 0 Å². The second-order valence-corrected chi connectivity index (χ2v) is 7.79. The van der Waals surface area contributed by atoms with Gasteiger partial charge >= 0.3 is 10.1 Å². The van der Waals surface area contributed by atoms with Gasteiger partial charge in [-0.1, -0.05) is 78.1 Å². The Morgan fingerprint density at radius 1 is 1.00 bits per heavy atom. The molecule has 0 aliphatic carbocycles. The fraction of sp³-hybridized carbons (Fsp3) is 0.778. The fourth-order valence-electron chi connectivity index (χ4n) is 2.91. The van der Waals surface area contributed by atoms with Crippen molar-refractivity contribution < 1.29 is 17.4 Å². The first-order valence-corrected chi connectivity index (χ1v) is 10.5. The van der Waals surface area contributed by atoms with Crippen LogP contribution in [-0.2, 0) is 16.5 Å². The van der Waals surface area contributed by atoms with Crippen molar-refractivity contribution in [3.63, 3.8) is 0 Å². The van der Waals surface area contributed by atoms with Gasteiger partial charge in [-0.15, -0.1) is 0 Å². The summed E-state index contributed by atoms with van der Waals surface area (Å²) in [7, 11) is -4.23. The number of rotatable bonds is 13. The first kappa shape index (κ1) is 20.2. The summed E-state index contributed by atoms with van der Waals surface area (Å²) >= 11 is 0. The molecule has 1 heterocycles. The average molecular weight is 345 g/mol. The van der Waals surface area contributed by atoms with Crippen molar-refractivity contribution in [3.8, 4) is 0 Å². The van der Waals surface area contributed by atoms with Crippen LogP contribution in [0.5, 0.6) is 0 Å². The monoisotopic (exact) mass is 344 g/mol. The highest BCUT2D eigenvalue weighted by Gasteiger charge is 2.16. The van der Waals surface area contributed by atoms with Gasteiger partial charge in [-0.3, -0.25) is 4.55 Å². The fourth-order valence-corrected chi connectivity index (χ4v) is 3.36. The first-order valence-electron chi connectivity index (χ1n) is 9.03. The van der Waals surface area contributed by atoms with Crippen LogP contribution < -0.4 is 0 Å². The maximum Gasteiger partial charge on any atom is 0.328 e. The molecule has 0 aliphatic heterocycles. The zero-order valence-corrected chi connectivity index (χ0v) is 15.4. The van der Waals surface area contributed by atoms with Crippen molar-refractivity contribution in [3.05, 3.63) is 17.9 Å². The van der Waals surface area contributed by atoms with E-state index in [2.05, 4.69) is 13.8 Å².